The van der Waals surface area contributed by atoms with Crippen LogP contribution in [-0.2, 0) is 0 Å². The van der Waals surface area contributed by atoms with Crippen molar-refractivity contribution >= 4 is 0 Å². The van der Waals surface area contributed by atoms with Gasteiger partial charge in [0.05, 0.1) is 6.67 Å². The molecule has 0 aromatic heterocycles. The van der Waals surface area contributed by atoms with Crippen molar-refractivity contribution in [2.75, 3.05) is 19.8 Å². The zero-order valence-electron chi connectivity index (χ0n) is 5.24. The van der Waals surface area contributed by atoms with Gasteiger partial charge in [0.1, 0.15) is 6.17 Å². The van der Waals surface area contributed by atoms with Crippen LogP contribution in [0, 0.1) is 5.92 Å². The Labute approximate surface area is 53.4 Å². The summed E-state index contributed by atoms with van der Waals surface area (Å²) in [6.07, 6.45) is -0.453. The van der Waals surface area contributed by atoms with Gasteiger partial charge in [-0.1, -0.05) is 0 Å². The maximum absolute atomic E-state index is 12.6. The molecule has 1 fully saturated rings. The fraction of sp³-hybridized carbons (Fsp3) is 1.00. The van der Waals surface area contributed by atoms with Gasteiger partial charge in [0, 0.05) is 12.5 Å². The first-order chi connectivity index (χ1) is 4.34. The second-order valence-electron chi connectivity index (χ2n) is 2.42. The van der Waals surface area contributed by atoms with Gasteiger partial charge in [-0.15, -0.1) is 0 Å². The number of alkyl halides is 2. The number of nitrogens with one attached hydrogen (secondary N) is 1. The largest absolute Gasteiger partial charge is 0.316 e. The Morgan fingerprint density at radius 1 is 1.56 bits per heavy atom. The first kappa shape index (κ1) is 6.93. The molecule has 2 atom stereocenters. The van der Waals surface area contributed by atoms with E-state index in [4.69, 9.17) is 0 Å². The highest BCUT2D eigenvalue weighted by Gasteiger charge is 2.23. The maximum atomic E-state index is 12.6. The van der Waals surface area contributed by atoms with E-state index in [2.05, 4.69) is 5.32 Å². The van der Waals surface area contributed by atoms with Gasteiger partial charge in [-0.3, -0.25) is 4.39 Å². The van der Waals surface area contributed by atoms with E-state index in [-0.39, 0.29) is 0 Å². The van der Waals surface area contributed by atoms with Crippen LogP contribution >= 0.6 is 0 Å². The molecule has 1 aliphatic heterocycles. The molecule has 1 aliphatic rings. The molecule has 1 saturated heterocycles. The van der Waals surface area contributed by atoms with Crippen molar-refractivity contribution in [3.63, 3.8) is 0 Å². The highest BCUT2D eigenvalue weighted by Crippen LogP contribution is 2.14. The summed E-state index contributed by atoms with van der Waals surface area (Å²) in [5.41, 5.74) is 0. The van der Waals surface area contributed by atoms with Crippen molar-refractivity contribution in [1.29, 1.82) is 0 Å². The van der Waals surface area contributed by atoms with Crippen molar-refractivity contribution in [2.45, 2.75) is 12.6 Å². The van der Waals surface area contributed by atoms with Gasteiger partial charge in [-0.05, 0) is 13.0 Å². The lowest BCUT2D eigenvalue weighted by Crippen LogP contribution is -2.38. The van der Waals surface area contributed by atoms with Gasteiger partial charge < -0.3 is 5.32 Å². The maximum Gasteiger partial charge on any atom is 0.108 e. The number of piperidine rings is 1. The molecule has 0 bridgehead atoms. The number of rotatable bonds is 1. The van der Waals surface area contributed by atoms with Crippen molar-refractivity contribution < 1.29 is 8.78 Å². The Kier molecular flexibility index (Phi) is 2.39. The highest BCUT2D eigenvalue weighted by atomic mass is 19.1. The van der Waals surface area contributed by atoms with E-state index in [1.54, 1.807) is 0 Å². The highest BCUT2D eigenvalue weighted by molar-refractivity contribution is 4.76. The van der Waals surface area contributed by atoms with E-state index < -0.39 is 18.8 Å². The van der Waals surface area contributed by atoms with Gasteiger partial charge in [0.25, 0.3) is 0 Å². The molecule has 0 unspecified atom stereocenters. The summed E-state index contributed by atoms with van der Waals surface area (Å²) in [5.74, 6) is -0.390. The van der Waals surface area contributed by atoms with Crippen LogP contribution in [0.3, 0.4) is 0 Å². The minimum atomic E-state index is -0.920. The third-order valence-corrected chi connectivity index (χ3v) is 1.71. The summed E-state index contributed by atoms with van der Waals surface area (Å²) in [5, 5.41) is 2.94. The van der Waals surface area contributed by atoms with E-state index >= 15 is 0 Å². The Hall–Kier alpha value is -0.180. The molecular weight excluding hydrogens is 124 g/mol. The molecule has 0 aromatic rings. The van der Waals surface area contributed by atoms with Crippen LogP contribution in [0.4, 0.5) is 8.78 Å². The predicted octanol–water partition coefficient (Wildman–Crippen LogP) is 0.904. The molecule has 0 radical (unpaired) electrons. The molecule has 1 N–H and O–H groups in total. The second kappa shape index (κ2) is 3.11. The minimum Gasteiger partial charge on any atom is -0.316 e. The van der Waals surface area contributed by atoms with Crippen LogP contribution in [0.5, 0.6) is 0 Å². The molecule has 0 saturated carbocycles. The molecule has 54 valence electrons. The van der Waals surface area contributed by atoms with Gasteiger partial charge in [0.2, 0.25) is 0 Å². The number of hydrogen-bond donors (Lipinski definition) is 1. The zero-order chi connectivity index (χ0) is 6.69. The second-order valence-corrected chi connectivity index (χ2v) is 2.42. The Bertz CT molecular complexity index is 87.1. The molecule has 0 aliphatic carbocycles. The van der Waals surface area contributed by atoms with Crippen molar-refractivity contribution in [3.8, 4) is 0 Å². The van der Waals surface area contributed by atoms with Crippen LogP contribution in [-0.4, -0.2) is 25.9 Å². The summed E-state index contributed by atoms with van der Waals surface area (Å²) in [6.45, 7) is 0.656. The van der Waals surface area contributed by atoms with Crippen molar-refractivity contribution in [1.82, 2.24) is 5.32 Å². The summed E-state index contributed by atoms with van der Waals surface area (Å²) in [4.78, 5) is 0. The Balaban J connectivity index is 2.30. The van der Waals surface area contributed by atoms with E-state index in [1.807, 2.05) is 0 Å². The number of hydrogen-bond acceptors (Lipinski definition) is 1. The predicted molar refractivity (Wildman–Crippen MR) is 31.8 cm³/mol. The van der Waals surface area contributed by atoms with Gasteiger partial charge in [-0.25, -0.2) is 4.39 Å². The van der Waals surface area contributed by atoms with E-state index in [0.29, 0.717) is 19.5 Å². The van der Waals surface area contributed by atoms with Crippen molar-refractivity contribution in [3.05, 3.63) is 0 Å². The lowest BCUT2D eigenvalue weighted by atomic mass is 9.99. The van der Waals surface area contributed by atoms with Crippen LogP contribution in [0.1, 0.15) is 6.42 Å². The molecule has 1 rings (SSSR count). The monoisotopic (exact) mass is 135 g/mol. The molecule has 0 aromatic carbocycles. The smallest absolute Gasteiger partial charge is 0.108 e. The minimum absolute atomic E-state index is 0.390. The average molecular weight is 135 g/mol. The van der Waals surface area contributed by atoms with Gasteiger partial charge in [-0.2, -0.15) is 0 Å². The van der Waals surface area contributed by atoms with E-state index in [1.165, 1.54) is 0 Å². The lowest BCUT2D eigenvalue weighted by molar-refractivity contribution is 0.151. The Morgan fingerprint density at radius 2 is 2.33 bits per heavy atom. The third-order valence-electron chi connectivity index (χ3n) is 1.71. The molecule has 1 heterocycles. The van der Waals surface area contributed by atoms with E-state index in [0.717, 1.165) is 0 Å². The first-order valence-corrected chi connectivity index (χ1v) is 3.25. The standard InChI is InChI=1S/C6H11F2N/c7-3-5-4-9-2-1-6(5)8/h5-6,9H,1-4H2/t5-,6+/m1/s1. The van der Waals surface area contributed by atoms with Crippen LogP contribution < -0.4 is 5.32 Å². The number of halogens is 2. The normalized spacial score (nSPS) is 36.7. The van der Waals surface area contributed by atoms with Gasteiger partial charge in [0.15, 0.2) is 0 Å². The molecule has 9 heavy (non-hydrogen) atoms. The van der Waals surface area contributed by atoms with E-state index in [9.17, 15) is 8.78 Å². The summed E-state index contributed by atoms with van der Waals surface area (Å²) < 4.78 is 24.4. The summed E-state index contributed by atoms with van der Waals surface area (Å²) in [7, 11) is 0. The van der Waals surface area contributed by atoms with Crippen molar-refractivity contribution in [2.24, 2.45) is 5.92 Å². The average Bonchev–Trinajstić information content (AvgIpc) is 1.89. The van der Waals surface area contributed by atoms with Crippen LogP contribution in [0.15, 0.2) is 0 Å². The lowest BCUT2D eigenvalue weighted by Gasteiger charge is -2.23. The van der Waals surface area contributed by atoms with Crippen LogP contribution in [0.2, 0.25) is 0 Å². The summed E-state index contributed by atoms with van der Waals surface area (Å²) in [6, 6.07) is 0. The zero-order valence-corrected chi connectivity index (χ0v) is 5.24. The summed E-state index contributed by atoms with van der Waals surface area (Å²) >= 11 is 0. The van der Waals surface area contributed by atoms with Gasteiger partial charge >= 0.3 is 0 Å². The Morgan fingerprint density at radius 3 is 2.78 bits per heavy atom. The molecule has 0 amide bonds. The first-order valence-electron chi connectivity index (χ1n) is 3.25. The molecule has 0 spiro atoms. The quantitative estimate of drug-likeness (QED) is 0.563. The SMILES string of the molecule is FC[C@@H]1CNCC[C@@H]1F. The molecule has 3 heteroatoms. The fourth-order valence-electron chi connectivity index (χ4n) is 1.04. The molecule has 1 nitrogen and oxygen atoms in total. The third kappa shape index (κ3) is 1.61. The molecular formula is C6H11F2N. The topological polar surface area (TPSA) is 12.0 Å². The fourth-order valence-corrected chi connectivity index (χ4v) is 1.04. The van der Waals surface area contributed by atoms with Crippen LogP contribution in [0.25, 0.3) is 0 Å².